The van der Waals surface area contributed by atoms with Gasteiger partial charge >= 0.3 is 0 Å². The molecular formula is C21H21ClN4O2. The minimum absolute atomic E-state index is 0.0637. The summed E-state index contributed by atoms with van der Waals surface area (Å²) in [5.74, 6) is -0.137. The van der Waals surface area contributed by atoms with Gasteiger partial charge in [0.15, 0.2) is 5.69 Å². The maximum atomic E-state index is 13.2. The lowest BCUT2D eigenvalue weighted by Gasteiger charge is -2.36. The Balaban J connectivity index is 1.59. The van der Waals surface area contributed by atoms with E-state index < -0.39 is 0 Å². The van der Waals surface area contributed by atoms with E-state index in [1.807, 2.05) is 56.3 Å². The van der Waals surface area contributed by atoms with Gasteiger partial charge in [-0.3, -0.25) is 4.79 Å². The average molecular weight is 397 g/mol. The average Bonchev–Trinajstić information content (AvgIpc) is 3.09. The molecule has 1 aliphatic rings. The number of aromatic nitrogens is 3. The third-order valence-corrected chi connectivity index (χ3v) is 5.10. The van der Waals surface area contributed by atoms with Crippen LogP contribution < -0.4 is 0 Å². The van der Waals surface area contributed by atoms with Crippen molar-refractivity contribution in [2.24, 2.45) is 0 Å². The van der Waals surface area contributed by atoms with Gasteiger partial charge in [0.2, 0.25) is 0 Å². The van der Waals surface area contributed by atoms with Crippen molar-refractivity contribution in [3.63, 3.8) is 0 Å². The maximum Gasteiger partial charge on any atom is 0.276 e. The van der Waals surface area contributed by atoms with Gasteiger partial charge in [-0.05, 0) is 37.6 Å². The van der Waals surface area contributed by atoms with Crippen molar-refractivity contribution >= 4 is 17.5 Å². The SMILES string of the molecule is Cc1c(C(=O)N2CC(C)OC(c3ccccc3)C2)nnn1-c1cccc(Cl)c1. The molecule has 3 aromatic rings. The fourth-order valence-corrected chi connectivity index (χ4v) is 3.68. The van der Waals surface area contributed by atoms with E-state index in [1.54, 1.807) is 21.7 Å². The molecule has 0 aliphatic carbocycles. The molecule has 1 aliphatic heterocycles. The summed E-state index contributed by atoms with van der Waals surface area (Å²) in [6.07, 6.45) is -0.219. The van der Waals surface area contributed by atoms with Crippen LogP contribution in [0.1, 0.15) is 34.8 Å². The van der Waals surface area contributed by atoms with Crippen molar-refractivity contribution < 1.29 is 9.53 Å². The van der Waals surface area contributed by atoms with Crippen LogP contribution in [0.5, 0.6) is 0 Å². The number of nitrogens with zero attached hydrogens (tertiary/aromatic N) is 4. The number of hydrogen-bond acceptors (Lipinski definition) is 4. The van der Waals surface area contributed by atoms with Crippen molar-refractivity contribution in [3.05, 3.63) is 76.6 Å². The summed E-state index contributed by atoms with van der Waals surface area (Å²) in [6.45, 7) is 4.82. The topological polar surface area (TPSA) is 60.3 Å². The Morgan fingerprint density at radius 1 is 1.14 bits per heavy atom. The highest BCUT2D eigenvalue weighted by Gasteiger charge is 2.32. The summed E-state index contributed by atoms with van der Waals surface area (Å²) in [4.78, 5) is 15.0. The van der Waals surface area contributed by atoms with Gasteiger partial charge in [-0.25, -0.2) is 4.68 Å². The Labute approximate surface area is 168 Å². The maximum absolute atomic E-state index is 13.2. The molecule has 7 heteroatoms. The molecule has 0 saturated carbocycles. The second-order valence-electron chi connectivity index (χ2n) is 6.97. The zero-order valence-corrected chi connectivity index (χ0v) is 16.5. The van der Waals surface area contributed by atoms with Gasteiger partial charge in [0.05, 0.1) is 24.0 Å². The van der Waals surface area contributed by atoms with Gasteiger partial charge in [0.25, 0.3) is 5.91 Å². The van der Waals surface area contributed by atoms with Crippen molar-refractivity contribution in [2.75, 3.05) is 13.1 Å². The number of morpholine rings is 1. The number of carbonyl (C=O) groups excluding carboxylic acids is 1. The van der Waals surface area contributed by atoms with E-state index in [-0.39, 0.29) is 18.1 Å². The minimum Gasteiger partial charge on any atom is -0.367 e. The lowest BCUT2D eigenvalue weighted by molar-refractivity contribution is -0.0693. The predicted octanol–water partition coefficient (Wildman–Crippen LogP) is 3.83. The van der Waals surface area contributed by atoms with Gasteiger partial charge < -0.3 is 9.64 Å². The number of rotatable bonds is 3. The minimum atomic E-state index is -0.155. The van der Waals surface area contributed by atoms with E-state index in [0.717, 1.165) is 11.3 Å². The summed E-state index contributed by atoms with van der Waals surface area (Å²) >= 11 is 6.08. The third-order valence-electron chi connectivity index (χ3n) is 4.87. The fraction of sp³-hybridized carbons (Fsp3) is 0.286. The molecule has 0 radical (unpaired) electrons. The second-order valence-corrected chi connectivity index (χ2v) is 7.41. The molecule has 2 aromatic carbocycles. The van der Waals surface area contributed by atoms with Crippen LogP contribution in [-0.2, 0) is 4.74 Å². The summed E-state index contributed by atoms with van der Waals surface area (Å²) in [5.41, 5.74) is 2.86. The molecule has 2 atom stereocenters. The Kier molecular flexibility index (Phi) is 5.15. The summed E-state index contributed by atoms with van der Waals surface area (Å²) in [5, 5.41) is 8.93. The zero-order chi connectivity index (χ0) is 19.7. The van der Waals surface area contributed by atoms with Crippen molar-refractivity contribution in [3.8, 4) is 5.69 Å². The van der Waals surface area contributed by atoms with Crippen LogP contribution >= 0.6 is 11.6 Å². The highest BCUT2D eigenvalue weighted by Crippen LogP contribution is 2.26. The van der Waals surface area contributed by atoms with Crippen LogP contribution in [0.4, 0.5) is 0 Å². The predicted molar refractivity (Wildman–Crippen MR) is 107 cm³/mol. The first-order chi connectivity index (χ1) is 13.5. The number of halogens is 1. The number of ether oxygens (including phenoxy) is 1. The summed E-state index contributed by atoms with van der Waals surface area (Å²) < 4.78 is 7.69. The van der Waals surface area contributed by atoms with Crippen LogP contribution in [0.15, 0.2) is 54.6 Å². The fourth-order valence-electron chi connectivity index (χ4n) is 3.50. The number of benzene rings is 2. The molecule has 1 fully saturated rings. The quantitative estimate of drug-likeness (QED) is 0.675. The van der Waals surface area contributed by atoms with Gasteiger partial charge in [-0.2, -0.15) is 0 Å². The van der Waals surface area contributed by atoms with Crippen molar-refractivity contribution in [1.82, 2.24) is 19.9 Å². The number of amides is 1. The van der Waals surface area contributed by atoms with Crippen LogP contribution in [0, 0.1) is 6.92 Å². The molecule has 4 rings (SSSR count). The molecule has 0 bridgehead atoms. The molecule has 144 valence electrons. The van der Waals surface area contributed by atoms with E-state index in [4.69, 9.17) is 16.3 Å². The Morgan fingerprint density at radius 2 is 1.93 bits per heavy atom. The standard InChI is InChI=1S/C21H21ClN4O2/c1-14-12-25(13-19(28-14)16-7-4-3-5-8-16)21(27)20-15(2)26(24-23-20)18-10-6-9-17(22)11-18/h3-11,14,19H,12-13H2,1-2H3. The Hall–Kier alpha value is -2.70. The van der Waals surface area contributed by atoms with Crippen molar-refractivity contribution in [1.29, 1.82) is 0 Å². The molecule has 1 saturated heterocycles. The third kappa shape index (κ3) is 3.66. The van der Waals surface area contributed by atoms with Gasteiger partial charge in [0.1, 0.15) is 6.10 Å². The van der Waals surface area contributed by atoms with E-state index in [2.05, 4.69) is 10.3 Å². The van der Waals surface area contributed by atoms with Crippen LogP contribution in [0.3, 0.4) is 0 Å². The largest absolute Gasteiger partial charge is 0.367 e. The van der Waals surface area contributed by atoms with Gasteiger partial charge in [0, 0.05) is 11.6 Å². The first-order valence-electron chi connectivity index (χ1n) is 9.21. The van der Waals surface area contributed by atoms with Crippen LogP contribution in [0.2, 0.25) is 5.02 Å². The molecular weight excluding hydrogens is 376 g/mol. The molecule has 1 aromatic heterocycles. The molecule has 2 heterocycles. The molecule has 2 unspecified atom stereocenters. The Morgan fingerprint density at radius 3 is 2.68 bits per heavy atom. The van der Waals surface area contributed by atoms with E-state index in [9.17, 15) is 4.79 Å². The second kappa shape index (κ2) is 7.73. The zero-order valence-electron chi connectivity index (χ0n) is 15.7. The highest BCUT2D eigenvalue weighted by atomic mass is 35.5. The van der Waals surface area contributed by atoms with Gasteiger partial charge in [-0.15, -0.1) is 5.10 Å². The van der Waals surface area contributed by atoms with E-state index in [1.165, 1.54) is 0 Å². The first-order valence-corrected chi connectivity index (χ1v) is 9.58. The summed E-state index contributed by atoms with van der Waals surface area (Å²) in [6, 6.07) is 17.3. The summed E-state index contributed by atoms with van der Waals surface area (Å²) in [7, 11) is 0. The van der Waals surface area contributed by atoms with E-state index >= 15 is 0 Å². The number of hydrogen-bond donors (Lipinski definition) is 0. The molecule has 6 nitrogen and oxygen atoms in total. The molecule has 28 heavy (non-hydrogen) atoms. The Bertz CT molecular complexity index is 989. The molecule has 0 spiro atoms. The lowest BCUT2D eigenvalue weighted by atomic mass is 10.1. The van der Waals surface area contributed by atoms with Crippen molar-refractivity contribution in [2.45, 2.75) is 26.1 Å². The molecule has 0 N–H and O–H groups in total. The molecule has 1 amide bonds. The smallest absolute Gasteiger partial charge is 0.276 e. The number of carbonyl (C=O) groups is 1. The van der Waals surface area contributed by atoms with E-state index in [0.29, 0.717) is 29.5 Å². The monoisotopic (exact) mass is 396 g/mol. The normalized spacial score (nSPS) is 19.6. The van der Waals surface area contributed by atoms with Gasteiger partial charge in [-0.1, -0.05) is 53.2 Å². The van der Waals surface area contributed by atoms with Crippen LogP contribution in [-0.4, -0.2) is 45.0 Å². The van der Waals surface area contributed by atoms with Crippen LogP contribution in [0.25, 0.3) is 5.69 Å². The first kappa shape index (κ1) is 18.7. The lowest BCUT2D eigenvalue weighted by Crippen LogP contribution is -2.46. The highest BCUT2D eigenvalue weighted by molar-refractivity contribution is 6.30.